The summed E-state index contributed by atoms with van der Waals surface area (Å²) in [6.45, 7) is 9.60. The van der Waals surface area contributed by atoms with Crippen LogP contribution in [0, 0.1) is 0 Å². The highest BCUT2D eigenvalue weighted by molar-refractivity contribution is 4.59. The van der Waals surface area contributed by atoms with E-state index in [-0.39, 0.29) is 0 Å². The quantitative estimate of drug-likeness (QED) is 0.679. The Balaban J connectivity index is 0. The molecule has 0 aromatic rings. The SMILES string of the molecule is CC.CCN(C)C(C)CCO. The molecule has 2 nitrogen and oxygen atoms in total. The molecular weight excluding hydrogens is 138 g/mol. The first-order valence-electron chi connectivity index (χ1n) is 4.53. The zero-order valence-electron chi connectivity index (χ0n) is 8.59. The van der Waals surface area contributed by atoms with Crippen LogP contribution >= 0.6 is 0 Å². The van der Waals surface area contributed by atoms with Gasteiger partial charge < -0.3 is 10.0 Å². The van der Waals surface area contributed by atoms with Crippen molar-refractivity contribution in [2.45, 2.75) is 40.2 Å². The van der Waals surface area contributed by atoms with E-state index in [1.165, 1.54) is 0 Å². The van der Waals surface area contributed by atoms with Crippen molar-refractivity contribution >= 4 is 0 Å². The minimum atomic E-state index is 0.297. The molecule has 1 N–H and O–H groups in total. The second kappa shape index (κ2) is 9.92. The Morgan fingerprint density at radius 3 is 2.09 bits per heavy atom. The molecule has 1 atom stereocenters. The molecule has 0 saturated heterocycles. The molecule has 0 rings (SSSR count). The van der Waals surface area contributed by atoms with Crippen LogP contribution in [0.3, 0.4) is 0 Å². The Morgan fingerprint density at radius 1 is 1.36 bits per heavy atom. The third-order valence-corrected chi connectivity index (χ3v) is 1.80. The van der Waals surface area contributed by atoms with E-state index in [2.05, 4.69) is 25.8 Å². The number of nitrogens with zero attached hydrogens (tertiary/aromatic N) is 1. The van der Waals surface area contributed by atoms with E-state index in [0.717, 1.165) is 13.0 Å². The first-order valence-corrected chi connectivity index (χ1v) is 4.53. The van der Waals surface area contributed by atoms with Crippen molar-refractivity contribution < 1.29 is 5.11 Å². The average Bonchev–Trinajstić information content (AvgIpc) is 2.07. The molecule has 0 spiro atoms. The van der Waals surface area contributed by atoms with Crippen molar-refractivity contribution in [3.63, 3.8) is 0 Å². The van der Waals surface area contributed by atoms with Crippen LogP contribution in [-0.4, -0.2) is 36.2 Å². The number of rotatable bonds is 4. The van der Waals surface area contributed by atoms with Gasteiger partial charge >= 0.3 is 0 Å². The van der Waals surface area contributed by atoms with Crippen molar-refractivity contribution in [3.05, 3.63) is 0 Å². The monoisotopic (exact) mass is 161 g/mol. The lowest BCUT2D eigenvalue weighted by molar-refractivity contribution is 0.202. The summed E-state index contributed by atoms with van der Waals surface area (Å²) in [5.41, 5.74) is 0. The van der Waals surface area contributed by atoms with E-state index in [1.54, 1.807) is 0 Å². The lowest BCUT2D eigenvalue weighted by Crippen LogP contribution is -2.29. The fourth-order valence-electron chi connectivity index (χ4n) is 0.719. The number of hydrogen-bond donors (Lipinski definition) is 1. The fourth-order valence-corrected chi connectivity index (χ4v) is 0.719. The van der Waals surface area contributed by atoms with Gasteiger partial charge in [-0.05, 0) is 26.9 Å². The van der Waals surface area contributed by atoms with E-state index < -0.39 is 0 Å². The van der Waals surface area contributed by atoms with Crippen molar-refractivity contribution in [1.29, 1.82) is 0 Å². The molecule has 0 aliphatic rings. The van der Waals surface area contributed by atoms with Crippen LogP contribution < -0.4 is 0 Å². The second-order valence-electron chi connectivity index (χ2n) is 2.43. The molecule has 0 amide bonds. The zero-order chi connectivity index (χ0) is 9.28. The molecule has 0 radical (unpaired) electrons. The van der Waals surface area contributed by atoms with E-state index in [1.807, 2.05) is 13.8 Å². The van der Waals surface area contributed by atoms with Gasteiger partial charge in [0.05, 0.1) is 0 Å². The average molecular weight is 161 g/mol. The smallest absolute Gasteiger partial charge is 0.0445 e. The molecule has 0 bridgehead atoms. The summed E-state index contributed by atoms with van der Waals surface area (Å²) in [4.78, 5) is 2.22. The Morgan fingerprint density at radius 2 is 1.82 bits per heavy atom. The van der Waals surface area contributed by atoms with Gasteiger partial charge in [0.15, 0.2) is 0 Å². The van der Waals surface area contributed by atoms with Gasteiger partial charge in [-0.15, -0.1) is 0 Å². The van der Waals surface area contributed by atoms with Crippen molar-refractivity contribution in [1.82, 2.24) is 4.90 Å². The molecule has 1 unspecified atom stereocenters. The van der Waals surface area contributed by atoms with E-state index in [4.69, 9.17) is 5.11 Å². The number of hydrogen-bond acceptors (Lipinski definition) is 2. The largest absolute Gasteiger partial charge is 0.396 e. The first kappa shape index (κ1) is 13.5. The predicted octanol–water partition coefficient (Wildman–Crippen LogP) is 1.74. The third kappa shape index (κ3) is 7.82. The fraction of sp³-hybridized carbons (Fsp3) is 1.00. The third-order valence-electron chi connectivity index (χ3n) is 1.80. The lowest BCUT2D eigenvalue weighted by atomic mass is 10.2. The highest BCUT2D eigenvalue weighted by Gasteiger charge is 2.03. The Hall–Kier alpha value is -0.0800. The van der Waals surface area contributed by atoms with Gasteiger partial charge in [-0.3, -0.25) is 0 Å². The van der Waals surface area contributed by atoms with Crippen LogP contribution in [0.1, 0.15) is 34.1 Å². The summed E-state index contributed by atoms with van der Waals surface area (Å²) in [5.74, 6) is 0. The van der Waals surface area contributed by atoms with Crippen molar-refractivity contribution in [2.75, 3.05) is 20.2 Å². The highest BCUT2D eigenvalue weighted by Crippen LogP contribution is 1.97. The van der Waals surface area contributed by atoms with Gasteiger partial charge in [-0.25, -0.2) is 0 Å². The maximum atomic E-state index is 8.55. The molecule has 0 heterocycles. The zero-order valence-corrected chi connectivity index (χ0v) is 8.59. The Labute approximate surface area is 71.2 Å². The topological polar surface area (TPSA) is 23.5 Å². The molecule has 2 heteroatoms. The van der Waals surface area contributed by atoms with Crippen LogP contribution in [0.4, 0.5) is 0 Å². The summed E-state index contributed by atoms with van der Waals surface area (Å²) in [6.07, 6.45) is 0.879. The van der Waals surface area contributed by atoms with Crippen LogP contribution in [0.15, 0.2) is 0 Å². The normalized spacial score (nSPS) is 12.3. The summed E-state index contributed by atoms with van der Waals surface area (Å²) in [5, 5.41) is 8.55. The van der Waals surface area contributed by atoms with Crippen LogP contribution in [0.25, 0.3) is 0 Å². The Kier molecular flexibility index (Phi) is 12.2. The van der Waals surface area contributed by atoms with Gasteiger partial charge in [-0.1, -0.05) is 20.8 Å². The van der Waals surface area contributed by atoms with Gasteiger partial charge in [-0.2, -0.15) is 0 Å². The first-order chi connectivity index (χ1) is 5.22. The van der Waals surface area contributed by atoms with Crippen molar-refractivity contribution in [2.24, 2.45) is 0 Å². The van der Waals surface area contributed by atoms with E-state index >= 15 is 0 Å². The maximum Gasteiger partial charge on any atom is 0.0445 e. The second-order valence-corrected chi connectivity index (χ2v) is 2.43. The maximum absolute atomic E-state index is 8.55. The van der Waals surface area contributed by atoms with Gasteiger partial charge in [0.25, 0.3) is 0 Å². The molecule has 0 fully saturated rings. The molecule has 0 saturated carbocycles. The van der Waals surface area contributed by atoms with Crippen LogP contribution in [-0.2, 0) is 0 Å². The summed E-state index contributed by atoms with van der Waals surface area (Å²) < 4.78 is 0. The Bertz CT molecular complexity index is 66.6. The number of aliphatic hydroxyl groups is 1. The molecule has 0 aromatic carbocycles. The summed E-state index contributed by atoms with van der Waals surface area (Å²) in [6, 6.07) is 0.514. The lowest BCUT2D eigenvalue weighted by Gasteiger charge is -2.21. The van der Waals surface area contributed by atoms with Crippen LogP contribution in [0.2, 0.25) is 0 Å². The molecule has 0 aromatic heterocycles. The van der Waals surface area contributed by atoms with Crippen LogP contribution in [0.5, 0.6) is 0 Å². The van der Waals surface area contributed by atoms with E-state index in [0.29, 0.717) is 12.6 Å². The standard InChI is InChI=1S/C7H17NO.C2H6/c1-4-8(3)7(2)5-6-9;1-2/h7,9H,4-6H2,1-3H3;1-2H3. The van der Waals surface area contributed by atoms with E-state index in [9.17, 15) is 0 Å². The molecule has 0 aliphatic heterocycles. The molecule has 70 valence electrons. The minimum absolute atomic E-state index is 0.297. The van der Waals surface area contributed by atoms with Crippen molar-refractivity contribution in [3.8, 4) is 0 Å². The van der Waals surface area contributed by atoms with Gasteiger partial charge in [0.2, 0.25) is 0 Å². The minimum Gasteiger partial charge on any atom is -0.396 e. The summed E-state index contributed by atoms with van der Waals surface area (Å²) in [7, 11) is 2.07. The molecular formula is C9H23NO. The number of aliphatic hydroxyl groups excluding tert-OH is 1. The van der Waals surface area contributed by atoms with Gasteiger partial charge in [0.1, 0.15) is 0 Å². The predicted molar refractivity (Wildman–Crippen MR) is 50.8 cm³/mol. The molecule has 0 aliphatic carbocycles. The highest BCUT2D eigenvalue weighted by atomic mass is 16.3. The van der Waals surface area contributed by atoms with Gasteiger partial charge in [0, 0.05) is 12.6 Å². The molecule has 11 heavy (non-hydrogen) atoms. The summed E-state index contributed by atoms with van der Waals surface area (Å²) >= 11 is 0.